The Morgan fingerprint density at radius 1 is 1.44 bits per heavy atom. The van der Waals surface area contributed by atoms with Gasteiger partial charge in [-0.05, 0) is 50.3 Å². The van der Waals surface area contributed by atoms with Crippen molar-refractivity contribution in [2.24, 2.45) is 5.92 Å². The molecule has 0 radical (unpaired) electrons. The normalized spacial score (nSPS) is 18.1. The number of pyridine rings is 1. The van der Waals surface area contributed by atoms with E-state index in [4.69, 9.17) is 5.73 Å². The van der Waals surface area contributed by atoms with Crippen molar-refractivity contribution >= 4 is 5.82 Å². The molecule has 1 unspecified atom stereocenters. The lowest BCUT2D eigenvalue weighted by molar-refractivity contribution is 0.367. The summed E-state index contributed by atoms with van der Waals surface area (Å²) in [4.78, 5) is 4.28. The highest BCUT2D eigenvalue weighted by molar-refractivity contribution is 5.46. The van der Waals surface area contributed by atoms with E-state index in [1.807, 2.05) is 0 Å². The lowest BCUT2D eigenvalue weighted by Gasteiger charge is -2.27. The van der Waals surface area contributed by atoms with Crippen molar-refractivity contribution in [2.75, 3.05) is 12.3 Å². The number of aromatic nitrogens is 1. The van der Waals surface area contributed by atoms with Crippen LogP contribution >= 0.6 is 0 Å². The molecule has 0 saturated heterocycles. The van der Waals surface area contributed by atoms with Crippen LogP contribution in [-0.2, 0) is 0 Å². The van der Waals surface area contributed by atoms with E-state index >= 15 is 0 Å². The smallest absolute Gasteiger partial charge is 0.128 e. The van der Waals surface area contributed by atoms with Crippen LogP contribution in [0.25, 0.3) is 0 Å². The summed E-state index contributed by atoms with van der Waals surface area (Å²) in [6.45, 7) is 5.40. The highest BCUT2D eigenvalue weighted by Crippen LogP contribution is 2.38. The average Bonchev–Trinajstić information content (AvgIpc) is 2.86. The molecule has 1 atom stereocenters. The molecule has 0 aliphatic heterocycles. The molecule has 18 heavy (non-hydrogen) atoms. The van der Waals surface area contributed by atoms with Crippen molar-refractivity contribution in [2.45, 2.75) is 52.0 Å². The molecule has 2 rings (SSSR count). The third-order valence-corrected chi connectivity index (χ3v) is 4.04. The Labute approximate surface area is 110 Å². The number of hydrogen-bond acceptors (Lipinski definition) is 3. The Hall–Kier alpha value is -1.09. The molecule has 0 amide bonds. The van der Waals surface area contributed by atoms with E-state index < -0.39 is 0 Å². The van der Waals surface area contributed by atoms with E-state index in [0.29, 0.717) is 11.9 Å². The SMILES string of the molecule is CCCNC(c1c(C)ccnc1N)C1CCCC1. The largest absolute Gasteiger partial charge is 0.383 e. The molecule has 1 aliphatic rings. The molecule has 0 aromatic carbocycles. The summed E-state index contributed by atoms with van der Waals surface area (Å²) in [6.07, 6.45) is 8.30. The summed E-state index contributed by atoms with van der Waals surface area (Å²) >= 11 is 0. The lowest BCUT2D eigenvalue weighted by atomic mass is 9.89. The second-order valence-corrected chi connectivity index (χ2v) is 5.40. The van der Waals surface area contributed by atoms with Gasteiger partial charge in [-0.3, -0.25) is 0 Å². The Kier molecular flexibility index (Phi) is 4.59. The minimum absolute atomic E-state index is 0.390. The number of anilines is 1. The standard InChI is InChI=1S/C15H25N3/c1-3-9-17-14(12-6-4-5-7-12)13-11(2)8-10-18-15(13)16/h8,10,12,14,17H,3-7,9H2,1-2H3,(H2,16,18). The molecule has 3 N–H and O–H groups in total. The first kappa shape index (κ1) is 13.3. The maximum absolute atomic E-state index is 6.11. The summed E-state index contributed by atoms with van der Waals surface area (Å²) in [5.74, 6) is 1.43. The molecule has 3 nitrogen and oxygen atoms in total. The van der Waals surface area contributed by atoms with Crippen LogP contribution in [0.2, 0.25) is 0 Å². The van der Waals surface area contributed by atoms with Crippen LogP contribution in [-0.4, -0.2) is 11.5 Å². The summed E-state index contributed by atoms with van der Waals surface area (Å²) < 4.78 is 0. The molecule has 1 fully saturated rings. The van der Waals surface area contributed by atoms with Gasteiger partial charge in [0.25, 0.3) is 0 Å². The van der Waals surface area contributed by atoms with E-state index in [1.54, 1.807) is 6.20 Å². The molecule has 1 saturated carbocycles. The van der Waals surface area contributed by atoms with Crippen LogP contribution in [0.4, 0.5) is 5.82 Å². The Balaban J connectivity index is 2.26. The fourth-order valence-electron chi connectivity index (χ4n) is 3.09. The van der Waals surface area contributed by atoms with Gasteiger partial charge in [-0.15, -0.1) is 0 Å². The van der Waals surface area contributed by atoms with Crippen molar-refractivity contribution in [3.63, 3.8) is 0 Å². The quantitative estimate of drug-likeness (QED) is 0.840. The van der Waals surface area contributed by atoms with Gasteiger partial charge in [0.05, 0.1) is 0 Å². The number of nitrogens with zero attached hydrogens (tertiary/aromatic N) is 1. The van der Waals surface area contributed by atoms with Crippen molar-refractivity contribution in [1.29, 1.82) is 0 Å². The lowest BCUT2D eigenvalue weighted by Crippen LogP contribution is -2.29. The fraction of sp³-hybridized carbons (Fsp3) is 0.667. The van der Waals surface area contributed by atoms with Crippen LogP contribution < -0.4 is 11.1 Å². The highest BCUT2D eigenvalue weighted by Gasteiger charge is 2.28. The molecular weight excluding hydrogens is 222 g/mol. The third kappa shape index (κ3) is 2.83. The second kappa shape index (κ2) is 6.19. The van der Waals surface area contributed by atoms with Gasteiger partial charge in [-0.1, -0.05) is 19.8 Å². The number of aryl methyl sites for hydroxylation is 1. The van der Waals surface area contributed by atoms with Crippen LogP contribution in [0.15, 0.2) is 12.3 Å². The Morgan fingerprint density at radius 2 is 2.17 bits per heavy atom. The summed E-state index contributed by atoms with van der Waals surface area (Å²) in [6, 6.07) is 2.46. The Morgan fingerprint density at radius 3 is 2.78 bits per heavy atom. The van der Waals surface area contributed by atoms with Crippen molar-refractivity contribution < 1.29 is 0 Å². The zero-order chi connectivity index (χ0) is 13.0. The second-order valence-electron chi connectivity index (χ2n) is 5.40. The number of nitrogen functional groups attached to an aromatic ring is 1. The van der Waals surface area contributed by atoms with Crippen LogP contribution in [0, 0.1) is 12.8 Å². The van der Waals surface area contributed by atoms with Gasteiger partial charge in [0, 0.05) is 17.8 Å². The van der Waals surface area contributed by atoms with Gasteiger partial charge in [-0.2, -0.15) is 0 Å². The summed E-state index contributed by atoms with van der Waals surface area (Å²) in [5, 5.41) is 3.69. The average molecular weight is 247 g/mol. The maximum Gasteiger partial charge on any atom is 0.128 e. The van der Waals surface area contributed by atoms with E-state index in [2.05, 4.69) is 30.2 Å². The minimum atomic E-state index is 0.390. The van der Waals surface area contributed by atoms with Gasteiger partial charge in [0.2, 0.25) is 0 Å². The highest BCUT2D eigenvalue weighted by atomic mass is 14.9. The number of nitrogens with one attached hydrogen (secondary N) is 1. The van der Waals surface area contributed by atoms with Crippen LogP contribution in [0.5, 0.6) is 0 Å². The molecule has 100 valence electrons. The van der Waals surface area contributed by atoms with E-state index in [-0.39, 0.29) is 0 Å². The van der Waals surface area contributed by atoms with E-state index in [1.165, 1.54) is 36.8 Å². The maximum atomic E-state index is 6.11. The molecular formula is C15H25N3. The minimum Gasteiger partial charge on any atom is -0.383 e. The van der Waals surface area contributed by atoms with Gasteiger partial charge in [-0.25, -0.2) is 4.98 Å². The summed E-state index contributed by atoms with van der Waals surface area (Å²) in [7, 11) is 0. The van der Waals surface area contributed by atoms with Crippen molar-refractivity contribution in [3.05, 3.63) is 23.4 Å². The number of nitrogens with two attached hydrogens (primary N) is 1. The Bertz CT molecular complexity index is 363. The zero-order valence-electron chi connectivity index (χ0n) is 11.6. The van der Waals surface area contributed by atoms with Crippen LogP contribution in [0.1, 0.15) is 56.2 Å². The molecule has 1 aromatic heterocycles. The predicted molar refractivity (Wildman–Crippen MR) is 76.4 cm³/mol. The third-order valence-electron chi connectivity index (χ3n) is 4.04. The first-order valence-corrected chi connectivity index (χ1v) is 7.18. The molecule has 0 bridgehead atoms. The monoisotopic (exact) mass is 247 g/mol. The van der Waals surface area contributed by atoms with E-state index in [0.717, 1.165) is 18.9 Å². The number of rotatable bonds is 5. The van der Waals surface area contributed by atoms with Crippen molar-refractivity contribution in [3.8, 4) is 0 Å². The first-order valence-electron chi connectivity index (χ1n) is 7.18. The van der Waals surface area contributed by atoms with Gasteiger partial charge in [0.1, 0.15) is 5.82 Å². The van der Waals surface area contributed by atoms with Gasteiger partial charge < -0.3 is 11.1 Å². The first-order chi connectivity index (χ1) is 8.74. The van der Waals surface area contributed by atoms with Crippen molar-refractivity contribution in [1.82, 2.24) is 10.3 Å². The van der Waals surface area contributed by atoms with Gasteiger partial charge in [0.15, 0.2) is 0 Å². The molecule has 1 heterocycles. The molecule has 3 heteroatoms. The van der Waals surface area contributed by atoms with E-state index in [9.17, 15) is 0 Å². The van der Waals surface area contributed by atoms with Gasteiger partial charge >= 0.3 is 0 Å². The zero-order valence-corrected chi connectivity index (χ0v) is 11.6. The fourth-order valence-corrected chi connectivity index (χ4v) is 3.09. The molecule has 1 aromatic rings. The molecule has 0 spiro atoms. The predicted octanol–water partition coefficient (Wildman–Crippen LogP) is 3.20. The molecule has 1 aliphatic carbocycles. The number of hydrogen-bond donors (Lipinski definition) is 2. The topological polar surface area (TPSA) is 50.9 Å². The van der Waals surface area contributed by atoms with Crippen LogP contribution in [0.3, 0.4) is 0 Å². The summed E-state index contributed by atoms with van der Waals surface area (Å²) in [5.41, 5.74) is 8.61.